The summed E-state index contributed by atoms with van der Waals surface area (Å²) in [6, 6.07) is 9.46. The van der Waals surface area contributed by atoms with Crippen molar-refractivity contribution >= 4 is 6.09 Å². The second-order valence-corrected chi connectivity index (χ2v) is 3.75. The summed E-state index contributed by atoms with van der Waals surface area (Å²) >= 11 is 0. The average Bonchev–Trinajstić information content (AvgIpc) is 2.66. The van der Waals surface area contributed by atoms with Crippen molar-refractivity contribution in [3.05, 3.63) is 35.9 Å². The molecule has 1 aliphatic heterocycles. The van der Waals surface area contributed by atoms with Crippen LogP contribution in [0.15, 0.2) is 30.3 Å². The van der Waals surface area contributed by atoms with Gasteiger partial charge in [-0.1, -0.05) is 30.3 Å². The van der Waals surface area contributed by atoms with Gasteiger partial charge in [0.25, 0.3) is 0 Å². The third kappa shape index (κ3) is 1.76. The van der Waals surface area contributed by atoms with Gasteiger partial charge in [-0.05, 0) is 12.5 Å². The van der Waals surface area contributed by atoms with E-state index in [9.17, 15) is 9.90 Å². The summed E-state index contributed by atoms with van der Waals surface area (Å²) in [7, 11) is 0. The van der Waals surface area contributed by atoms with Crippen LogP contribution in [0.5, 0.6) is 0 Å². The first-order chi connectivity index (χ1) is 7.77. The monoisotopic (exact) mass is 221 g/mol. The molecule has 2 atom stereocenters. The minimum Gasteiger partial charge on any atom is -0.441 e. The lowest BCUT2D eigenvalue weighted by Crippen LogP contribution is -2.30. The Labute approximate surface area is 94.4 Å². The Bertz CT molecular complexity index is 366. The van der Waals surface area contributed by atoms with Crippen molar-refractivity contribution in [3.63, 3.8) is 0 Å². The van der Waals surface area contributed by atoms with E-state index in [1.54, 1.807) is 4.90 Å². The Morgan fingerprint density at radius 1 is 1.38 bits per heavy atom. The molecule has 1 fully saturated rings. The first-order valence-corrected chi connectivity index (χ1v) is 5.41. The average molecular weight is 221 g/mol. The van der Waals surface area contributed by atoms with E-state index in [1.165, 1.54) is 0 Å². The van der Waals surface area contributed by atoms with Gasteiger partial charge in [0, 0.05) is 6.54 Å². The van der Waals surface area contributed by atoms with Crippen LogP contribution in [0.1, 0.15) is 18.5 Å². The van der Waals surface area contributed by atoms with Crippen LogP contribution in [0, 0.1) is 0 Å². The van der Waals surface area contributed by atoms with Gasteiger partial charge in [0.1, 0.15) is 0 Å². The summed E-state index contributed by atoms with van der Waals surface area (Å²) in [4.78, 5) is 13.2. The van der Waals surface area contributed by atoms with Gasteiger partial charge in [0.2, 0.25) is 0 Å². The number of amides is 1. The van der Waals surface area contributed by atoms with Gasteiger partial charge >= 0.3 is 6.09 Å². The summed E-state index contributed by atoms with van der Waals surface area (Å²) in [5, 5.41) is 9.22. The number of benzene rings is 1. The molecule has 0 bridgehead atoms. The van der Waals surface area contributed by atoms with Crippen LogP contribution in [0.25, 0.3) is 0 Å². The highest BCUT2D eigenvalue weighted by molar-refractivity contribution is 5.71. The summed E-state index contributed by atoms with van der Waals surface area (Å²) in [6.07, 6.45) is -0.815. The van der Waals surface area contributed by atoms with Crippen molar-refractivity contribution in [2.24, 2.45) is 0 Å². The van der Waals surface area contributed by atoms with Gasteiger partial charge in [-0.15, -0.1) is 0 Å². The normalized spacial score (nSPS) is 24.6. The molecule has 0 aliphatic carbocycles. The zero-order valence-corrected chi connectivity index (χ0v) is 9.17. The van der Waals surface area contributed by atoms with Gasteiger partial charge < -0.3 is 9.84 Å². The first-order valence-electron chi connectivity index (χ1n) is 5.41. The summed E-state index contributed by atoms with van der Waals surface area (Å²) < 4.78 is 5.12. The Balaban J connectivity index is 2.32. The second kappa shape index (κ2) is 4.53. The number of ether oxygens (including phenoxy) is 1. The topological polar surface area (TPSA) is 49.8 Å². The molecule has 1 aromatic carbocycles. The van der Waals surface area contributed by atoms with Gasteiger partial charge in [-0.25, -0.2) is 4.79 Å². The largest absolute Gasteiger partial charge is 0.441 e. The van der Waals surface area contributed by atoms with Gasteiger partial charge in [-0.2, -0.15) is 0 Å². The number of carbonyl (C=O) groups excluding carboxylic acids is 1. The Kier molecular flexibility index (Phi) is 3.10. The number of nitrogens with zero attached hydrogens (tertiary/aromatic N) is 1. The molecule has 0 aromatic heterocycles. The zero-order chi connectivity index (χ0) is 11.5. The molecule has 4 nitrogen and oxygen atoms in total. The molecule has 1 amide bonds. The molecular formula is C12H15NO3. The molecule has 0 saturated carbocycles. The highest BCUT2D eigenvalue weighted by Gasteiger charge is 2.41. The fourth-order valence-electron chi connectivity index (χ4n) is 2.08. The van der Waals surface area contributed by atoms with Crippen molar-refractivity contribution in [2.75, 3.05) is 13.2 Å². The molecule has 4 heteroatoms. The first kappa shape index (κ1) is 11.0. The maximum absolute atomic E-state index is 11.6. The van der Waals surface area contributed by atoms with Gasteiger partial charge in [0.05, 0.1) is 12.6 Å². The van der Waals surface area contributed by atoms with E-state index in [0.717, 1.165) is 5.56 Å². The highest BCUT2D eigenvalue weighted by atomic mass is 16.6. The fourth-order valence-corrected chi connectivity index (χ4v) is 2.08. The standard InChI is InChI=1S/C12H15NO3/c1-2-13-11(9-6-4-3-5-7-9)10(8-14)16-12(13)15/h3-7,10-11,14H,2,8H2,1H3/t10-,11+/m1/s1. The lowest BCUT2D eigenvalue weighted by molar-refractivity contribution is 0.0827. The number of hydrogen-bond acceptors (Lipinski definition) is 3. The lowest BCUT2D eigenvalue weighted by Gasteiger charge is -2.22. The maximum atomic E-state index is 11.6. The predicted octanol–water partition coefficient (Wildman–Crippen LogP) is 1.56. The lowest BCUT2D eigenvalue weighted by atomic mass is 10.0. The van der Waals surface area contributed by atoms with Crippen molar-refractivity contribution in [2.45, 2.75) is 19.1 Å². The molecule has 16 heavy (non-hydrogen) atoms. The Morgan fingerprint density at radius 3 is 2.62 bits per heavy atom. The molecular weight excluding hydrogens is 206 g/mol. The van der Waals surface area contributed by atoms with E-state index < -0.39 is 6.10 Å². The number of aliphatic hydroxyl groups excluding tert-OH is 1. The number of likely N-dealkylation sites (N-methyl/N-ethyl adjacent to an activating group) is 1. The SMILES string of the molecule is CCN1C(=O)O[C@H](CO)[C@@H]1c1ccccc1. The van der Waals surface area contributed by atoms with E-state index in [-0.39, 0.29) is 18.7 Å². The molecule has 0 radical (unpaired) electrons. The highest BCUT2D eigenvalue weighted by Crippen LogP contribution is 2.32. The van der Waals surface area contributed by atoms with Crippen LogP contribution < -0.4 is 0 Å². The molecule has 1 aliphatic rings. The number of carbonyl (C=O) groups is 1. The maximum Gasteiger partial charge on any atom is 0.410 e. The summed E-state index contributed by atoms with van der Waals surface area (Å²) in [5.74, 6) is 0. The van der Waals surface area contributed by atoms with Crippen molar-refractivity contribution in [1.29, 1.82) is 0 Å². The smallest absolute Gasteiger partial charge is 0.410 e. The van der Waals surface area contributed by atoms with Crippen molar-refractivity contribution in [3.8, 4) is 0 Å². The number of aliphatic hydroxyl groups is 1. The molecule has 86 valence electrons. The molecule has 1 aromatic rings. The third-order valence-electron chi connectivity index (χ3n) is 2.84. The molecule has 1 N–H and O–H groups in total. The van der Waals surface area contributed by atoms with E-state index in [0.29, 0.717) is 6.54 Å². The molecule has 1 saturated heterocycles. The van der Waals surface area contributed by atoms with Gasteiger partial charge in [0.15, 0.2) is 6.10 Å². The minimum absolute atomic E-state index is 0.151. The predicted molar refractivity (Wildman–Crippen MR) is 58.9 cm³/mol. The number of cyclic esters (lactones) is 1. The molecule has 0 spiro atoms. The van der Waals surface area contributed by atoms with E-state index in [1.807, 2.05) is 37.3 Å². The van der Waals surface area contributed by atoms with E-state index in [2.05, 4.69) is 0 Å². The summed E-state index contributed by atoms with van der Waals surface area (Å²) in [5.41, 5.74) is 0.995. The molecule has 1 heterocycles. The fraction of sp³-hybridized carbons (Fsp3) is 0.417. The Morgan fingerprint density at radius 2 is 2.06 bits per heavy atom. The number of rotatable bonds is 3. The van der Waals surface area contributed by atoms with Crippen LogP contribution >= 0.6 is 0 Å². The third-order valence-corrected chi connectivity index (χ3v) is 2.84. The second-order valence-electron chi connectivity index (χ2n) is 3.75. The van der Waals surface area contributed by atoms with E-state index in [4.69, 9.17) is 4.74 Å². The zero-order valence-electron chi connectivity index (χ0n) is 9.17. The van der Waals surface area contributed by atoms with Crippen LogP contribution in [0.4, 0.5) is 4.79 Å². The number of hydrogen-bond donors (Lipinski definition) is 1. The van der Waals surface area contributed by atoms with Crippen LogP contribution in [0.3, 0.4) is 0 Å². The van der Waals surface area contributed by atoms with Crippen LogP contribution in [-0.4, -0.2) is 35.4 Å². The van der Waals surface area contributed by atoms with Crippen LogP contribution in [-0.2, 0) is 4.74 Å². The van der Waals surface area contributed by atoms with Crippen molar-refractivity contribution in [1.82, 2.24) is 4.90 Å². The minimum atomic E-state index is -0.463. The van der Waals surface area contributed by atoms with Crippen LogP contribution in [0.2, 0.25) is 0 Å². The van der Waals surface area contributed by atoms with E-state index >= 15 is 0 Å². The molecule has 2 rings (SSSR count). The summed E-state index contributed by atoms with van der Waals surface area (Å²) in [6.45, 7) is 2.33. The Hall–Kier alpha value is -1.55. The molecule has 0 unspecified atom stereocenters. The quantitative estimate of drug-likeness (QED) is 0.842. The van der Waals surface area contributed by atoms with Crippen molar-refractivity contribution < 1.29 is 14.6 Å². The van der Waals surface area contributed by atoms with Gasteiger partial charge in [-0.3, -0.25) is 4.90 Å².